The van der Waals surface area contributed by atoms with Gasteiger partial charge in [0, 0.05) is 6.08 Å². The first-order chi connectivity index (χ1) is 10.8. The van der Waals surface area contributed by atoms with Gasteiger partial charge in [0.25, 0.3) is 0 Å². The minimum absolute atomic E-state index is 0.420. The molecule has 0 saturated heterocycles. The average Bonchev–Trinajstić information content (AvgIpc) is 2.55. The van der Waals surface area contributed by atoms with E-state index in [2.05, 4.69) is 10.2 Å². The van der Waals surface area contributed by atoms with Crippen molar-refractivity contribution >= 4 is 17.3 Å². The highest BCUT2D eigenvalue weighted by Crippen LogP contribution is 2.21. The third-order valence-electron chi connectivity index (χ3n) is 2.63. The van der Waals surface area contributed by atoms with Crippen LogP contribution >= 0.6 is 0 Å². The van der Waals surface area contributed by atoms with Crippen LogP contribution in [0, 0.1) is 0 Å². The Kier molecular flexibility index (Phi) is 5.81. The molecule has 0 atom stereocenters. The molecule has 0 aliphatic rings. The maximum Gasteiger partial charge on any atom is 0.336 e. The molecule has 4 nitrogen and oxygen atoms in total. The zero-order valence-electron chi connectivity index (χ0n) is 12.2. The molecular formula is C18H16N2O2. The van der Waals surface area contributed by atoms with Gasteiger partial charge in [0.15, 0.2) is 0 Å². The van der Waals surface area contributed by atoms with Crippen molar-refractivity contribution in [1.82, 2.24) is 0 Å². The smallest absolute Gasteiger partial charge is 0.336 e. The van der Waals surface area contributed by atoms with Gasteiger partial charge in [-0.05, 0) is 43.3 Å². The largest absolute Gasteiger partial charge is 0.423 e. The predicted octanol–water partition coefficient (Wildman–Crippen LogP) is 5.14. The van der Waals surface area contributed by atoms with Crippen LogP contribution < -0.4 is 4.74 Å². The molecule has 2 aromatic carbocycles. The van der Waals surface area contributed by atoms with Gasteiger partial charge < -0.3 is 4.74 Å². The summed E-state index contributed by atoms with van der Waals surface area (Å²) in [5, 5.41) is 8.23. The first-order valence-electron chi connectivity index (χ1n) is 6.86. The zero-order chi connectivity index (χ0) is 15.6. The lowest BCUT2D eigenvalue weighted by atomic mass is 10.3. The number of carbonyl (C=O) groups is 1. The quantitative estimate of drug-likeness (QED) is 0.252. The van der Waals surface area contributed by atoms with Crippen LogP contribution in [0.4, 0.5) is 11.4 Å². The fourth-order valence-corrected chi connectivity index (χ4v) is 1.59. The van der Waals surface area contributed by atoms with Crippen molar-refractivity contribution in [1.29, 1.82) is 0 Å². The molecule has 0 heterocycles. The summed E-state index contributed by atoms with van der Waals surface area (Å²) in [6.45, 7) is 1.87. The van der Waals surface area contributed by atoms with Crippen molar-refractivity contribution in [2.24, 2.45) is 10.2 Å². The summed E-state index contributed by atoms with van der Waals surface area (Å²) in [4.78, 5) is 11.5. The Morgan fingerprint density at radius 1 is 0.909 bits per heavy atom. The van der Waals surface area contributed by atoms with Crippen molar-refractivity contribution in [2.45, 2.75) is 6.92 Å². The van der Waals surface area contributed by atoms with Gasteiger partial charge in [-0.3, -0.25) is 0 Å². The Hall–Kier alpha value is -3.01. The number of hydrogen-bond donors (Lipinski definition) is 0. The Morgan fingerprint density at radius 2 is 1.55 bits per heavy atom. The fourth-order valence-electron chi connectivity index (χ4n) is 1.59. The first kappa shape index (κ1) is 15.4. The van der Waals surface area contributed by atoms with E-state index in [0.29, 0.717) is 11.4 Å². The maximum atomic E-state index is 11.5. The van der Waals surface area contributed by atoms with Gasteiger partial charge in [0.2, 0.25) is 0 Å². The average molecular weight is 292 g/mol. The number of azo groups is 1. The molecule has 110 valence electrons. The highest BCUT2D eigenvalue weighted by atomic mass is 16.5. The lowest BCUT2D eigenvalue weighted by Crippen LogP contribution is -2.03. The summed E-state index contributed by atoms with van der Waals surface area (Å²) >= 11 is 0. The number of esters is 1. The van der Waals surface area contributed by atoms with Crippen molar-refractivity contribution in [3.8, 4) is 5.75 Å². The molecule has 22 heavy (non-hydrogen) atoms. The molecular weight excluding hydrogens is 276 g/mol. The molecule has 2 rings (SSSR count). The van der Waals surface area contributed by atoms with Gasteiger partial charge >= 0.3 is 5.97 Å². The van der Waals surface area contributed by atoms with E-state index < -0.39 is 5.97 Å². The summed E-state index contributed by atoms with van der Waals surface area (Å²) in [5.74, 6) is 0.0468. The molecule has 0 bridgehead atoms. The lowest BCUT2D eigenvalue weighted by molar-refractivity contribution is -0.128. The second-order valence-corrected chi connectivity index (χ2v) is 4.34. The van der Waals surface area contributed by atoms with Gasteiger partial charge in [0.1, 0.15) is 5.75 Å². The number of rotatable bonds is 5. The van der Waals surface area contributed by atoms with Crippen molar-refractivity contribution < 1.29 is 9.53 Å². The number of ether oxygens (including phenoxy) is 1. The molecule has 0 N–H and O–H groups in total. The Labute approximate surface area is 129 Å². The minimum Gasteiger partial charge on any atom is -0.423 e. The number of carbonyl (C=O) groups excluding carboxylic acids is 1. The van der Waals surface area contributed by atoms with Crippen molar-refractivity contribution in [2.75, 3.05) is 0 Å². The normalized spacial score (nSPS) is 11.5. The summed E-state index contributed by atoms with van der Waals surface area (Å²) in [6, 6.07) is 16.3. The van der Waals surface area contributed by atoms with E-state index in [-0.39, 0.29) is 0 Å². The molecule has 2 aromatic rings. The highest BCUT2D eigenvalue weighted by molar-refractivity contribution is 5.84. The summed E-state index contributed by atoms with van der Waals surface area (Å²) in [6.07, 6.45) is 6.58. The van der Waals surface area contributed by atoms with Crippen LogP contribution in [0.1, 0.15) is 6.92 Å². The number of nitrogens with zero attached hydrogens (tertiary/aromatic N) is 2. The van der Waals surface area contributed by atoms with Crippen LogP contribution in [-0.4, -0.2) is 5.97 Å². The van der Waals surface area contributed by atoms with Crippen LogP contribution in [0.5, 0.6) is 5.75 Å². The van der Waals surface area contributed by atoms with E-state index >= 15 is 0 Å². The van der Waals surface area contributed by atoms with Gasteiger partial charge in [-0.2, -0.15) is 10.2 Å². The molecule has 0 aliphatic heterocycles. The molecule has 0 aromatic heterocycles. The van der Waals surface area contributed by atoms with E-state index in [1.54, 1.807) is 36.4 Å². The van der Waals surface area contributed by atoms with E-state index in [0.717, 1.165) is 5.69 Å². The molecule has 0 saturated carbocycles. The summed E-state index contributed by atoms with van der Waals surface area (Å²) in [7, 11) is 0. The second kappa shape index (κ2) is 8.32. The van der Waals surface area contributed by atoms with Crippen molar-refractivity contribution in [3.05, 3.63) is 78.9 Å². The maximum absolute atomic E-state index is 11.5. The number of hydrogen-bond acceptors (Lipinski definition) is 4. The molecule has 0 spiro atoms. The van der Waals surface area contributed by atoms with Gasteiger partial charge in [0.05, 0.1) is 11.4 Å². The SMILES string of the molecule is C/C=C/C=C/C(=O)Oc1ccc(N=Nc2ccccc2)cc1. The standard InChI is InChI=1S/C18H16N2O2/c1-2-3-5-10-18(21)22-17-13-11-16(12-14-17)20-19-15-8-6-4-7-9-15/h2-14H,1H3/b3-2+,10-5+,20-19?. The monoisotopic (exact) mass is 292 g/mol. The second-order valence-electron chi connectivity index (χ2n) is 4.34. The van der Waals surface area contributed by atoms with E-state index in [4.69, 9.17) is 4.74 Å². The summed E-state index contributed by atoms with van der Waals surface area (Å²) in [5.41, 5.74) is 1.47. The number of benzene rings is 2. The predicted molar refractivity (Wildman–Crippen MR) is 86.6 cm³/mol. The Balaban J connectivity index is 1.96. The van der Waals surface area contributed by atoms with Crippen LogP contribution in [-0.2, 0) is 4.79 Å². The van der Waals surface area contributed by atoms with Crippen molar-refractivity contribution in [3.63, 3.8) is 0 Å². The zero-order valence-corrected chi connectivity index (χ0v) is 12.2. The van der Waals surface area contributed by atoms with Gasteiger partial charge in [-0.15, -0.1) is 0 Å². The summed E-state index contributed by atoms with van der Waals surface area (Å²) < 4.78 is 5.15. The highest BCUT2D eigenvalue weighted by Gasteiger charge is 2.00. The van der Waals surface area contributed by atoms with Gasteiger partial charge in [-0.25, -0.2) is 4.79 Å². The lowest BCUT2D eigenvalue weighted by Gasteiger charge is -2.00. The van der Waals surface area contributed by atoms with Crippen LogP contribution in [0.3, 0.4) is 0 Å². The van der Waals surface area contributed by atoms with Crippen LogP contribution in [0.25, 0.3) is 0 Å². The van der Waals surface area contributed by atoms with E-state index in [1.165, 1.54) is 6.08 Å². The Morgan fingerprint density at radius 3 is 2.18 bits per heavy atom. The van der Waals surface area contributed by atoms with E-state index in [1.807, 2.05) is 43.3 Å². The minimum atomic E-state index is -0.420. The first-order valence-corrected chi connectivity index (χ1v) is 6.86. The molecule has 0 fully saturated rings. The molecule has 0 aliphatic carbocycles. The third kappa shape index (κ3) is 5.17. The fraction of sp³-hybridized carbons (Fsp3) is 0.0556. The topological polar surface area (TPSA) is 51.0 Å². The Bertz CT molecular complexity index is 687. The van der Waals surface area contributed by atoms with E-state index in [9.17, 15) is 4.79 Å². The number of allylic oxidation sites excluding steroid dienone is 3. The van der Waals surface area contributed by atoms with Gasteiger partial charge in [-0.1, -0.05) is 36.4 Å². The molecule has 0 unspecified atom stereocenters. The third-order valence-corrected chi connectivity index (χ3v) is 2.63. The molecule has 0 radical (unpaired) electrons. The van der Waals surface area contributed by atoms with Crippen LogP contribution in [0.15, 0.2) is 89.1 Å². The van der Waals surface area contributed by atoms with Crippen LogP contribution in [0.2, 0.25) is 0 Å². The molecule has 4 heteroatoms. The molecule has 0 amide bonds.